The van der Waals surface area contributed by atoms with E-state index in [0.717, 1.165) is 50.8 Å². The number of morpholine rings is 1. The summed E-state index contributed by atoms with van der Waals surface area (Å²) in [5.74, 6) is -4.67. The van der Waals surface area contributed by atoms with Gasteiger partial charge >= 0.3 is 24.3 Å². The molecule has 1 spiro atoms. The van der Waals surface area contributed by atoms with Gasteiger partial charge in [-0.1, -0.05) is 6.07 Å². The van der Waals surface area contributed by atoms with Gasteiger partial charge in [-0.2, -0.15) is 26.3 Å². The van der Waals surface area contributed by atoms with E-state index in [9.17, 15) is 31.1 Å². The third-order valence-corrected chi connectivity index (χ3v) is 6.52. The molecule has 0 unspecified atom stereocenters. The Kier molecular flexibility index (Phi) is 12.1. The Bertz CT molecular complexity index is 940. The Hall–Kier alpha value is -2.98. The number of rotatable bonds is 4. The topological polar surface area (TPSA) is 130 Å². The van der Waals surface area contributed by atoms with Gasteiger partial charge in [0.25, 0.3) is 0 Å². The summed E-state index contributed by atoms with van der Waals surface area (Å²) in [5, 5.41) is 14.2. The molecule has 1 amide bonds. The van der Waals surface area contributed by atoms with Crippen LogP contribution >= 0.6 is 0 Å². The summed E-state index contributed by atoms with van der Waals surface area (Å²) in [6.45, 7) is 6.59. The minimum Gasteiger partial charge on any atom is -0.475 e. The van der Waals surface area contributed by atoms with Crippen molar-refractivity contribution in [3.63, 3.8) is 0 Å². The zero-order valence-electron chi connectivity index (χ0n) is 21.4. The van der Waals surface area contributed by atoms with Crippen molar-refractivity contribution in [1.82, 2.24) is 14.8 Å². The monoisotopic (exact) mass is 587 g/mol. The molecule has 0 saturated carbocycles. The predicted molar refractivity (Wildman–Crippen MR) is 125 cm³/mol. The Morgan fingerprint density at radius 3 is 2.02 bits per heavy atom. The number of carbonyl (C=O) groups is 3. The molecule has 2 N–H and O–H groups in total. The van der Waals surface area contributed by atoms with E-state index in [1.165, 1.54) is 19.4 Å². The minimum absolute atomic E-state index is 0.0749. The summed E-state index contributed by atoms with van der Waals surface area (Å²) < 4.78 is 75.0. The molecule has 1 aromatic rings. The predicted octanol–water partition coefficient (Wildman–Crippen LogP) is 2.97. The Morgan fingerprint density at radius 1 is 1.00 bits per heavy atom. The van der Waals surface area contributed by atoms with Crippen LogP contribution in [0.25, 0.3) is 0 Å². The molecule has 3 saturated heterocycles. The summed E-state index contributed by atoms with van der Waals surface area (Å²) in [6, 6.07) is 5.85. The number of piperidine rings is 1. The van der Waals surface area contributed by atoms with Gasteiger partial charge in [0.1, 0.15) is 6.61 Å². The van der Waals surface area contributed by atoms with Crippen LogP contribution in [-0.4, -0.2) is 107 Å². The molecule has 16 heteroatoms. The van der Waals surface area contributed by atoms with Gasteiger partial charge in [-0.15, -0.1) is 0 Å². The van der Waals surface area contributed by atoms with Gasteiger partial charge < -0.3 is 29.5 Å². The molecule has 0 aliphatic carbocycles. The van der Waals surface area contributed by atoms with Crippen LogP contribution in [0.1, 0.15) is 31.4 Å². The number of alkyl halides is 6. The second-order valence-electron chi connectivity index (χ2n) is 9.50. The summed E-state index contributed by atoms with van der Waals surface area (Å²) in [5.41, 5.74) is 0.768. The molecule has 0 radical (unpaired) electrons. The third-order valence-electron chi connectivity index (χ3n) is 6.52. The van der Waals surface area contributed by atoms with Crippen LogP contribution in [0.15, 0.2) is 24.4 Å². The van der Waals surface area contributed by atoms with E-state index in [4.69, 9.17) is 29.3 Å². The van der Waals surface area contributed by atoms with Crippen molar-refractivity contribution in [2.75, 3.05) is 46.0 Å². The van der Waals surface area contributed by atoms with E-state index in [-0.39, 0.29) is 18.1 Å². The molecule has 4 rings (SSSR count). The molecule has 0 bridgehead atoms. The van der Waals surface area contributed by atoms with Crippen LogP contribution in [0.2, 0.25) is 0 Å². The lowest BCUT2D eigenvalue weighted by Gasteiger charge is -2.47. The average molecular weight is 588 g/mol. The number of hydrogen-bond acceptors (Lipinski definition) is 7. The van der Waals surface area contributed by atoms with E-state index in [1.807, 2.05) is 23.1 Å². The molecule has 0 aromatic carbocycles. The SMILES string of the molecule is O=C(O)C(F)(F)F.O=C(O)C(F)(F)F.O=C1COC2(CCN(CC3CCOCC3)CC2)CN1Cc1ccccn1. The number of likely N-dealkylation sites (tertiary alicyclic amines) is 1. The van der Waals surface area contributed by atoms with Gasteiger partial charge in [-0.05, 0) is 43.7 Å². The summed E-state index contributed by atoms with van der Waals surface area (Å²) >= 11 is 0. The van der Waals surface area contributed by atoms with E-state index in [0.29, 0.717) is 13.1 Å². The smallest absolute Gasteiger partial charge is 0.475 e. The van der Waals surface area contributed by atoms with Crippen molar-refractivity contribution in [3.05, 3.63) is 30.1 Å². The maximum Gasteiger partial charge on any atom is 0.490 e. The molecule has 0 atom stereocenters. The first kappa shape index (κ1) is 33.2. The minimum atomic E-state index is -5.08. The second-order valence-corrected chi connectivity index (χ2v) is 9.50. The normalized spacial score (nSPS) is 20.1. The molecule has 3 aliphatic rings. The number of halogens is 6. The fraction of sp³-hybridized carbons (Fsp3) is 0.667. The van der Waals surface area contributed by atoms with Gasteiger partial charge in [0, 0.05) is 39.0 Å². The number of carboxylic acid groups (broad SMARTS) is 2. The maximum atomic E-state index is 12.3. The lowest BCUT2D eigenvalue weighted by atomic mass is 9.88. The van der Waals surface area contributed by atoms with Crippen molar-refractivity contribution < 1.29 is 60.4 Å². The number of aliphatic carboxylic acids is 2. The number of carbonyl (C=O) groups excluding carboxylic acids is 1. The highest BCUT2D eigenvalue weighted by molar-refractivity contribution is 5.78. The van der Waals surface area contributed by atoms with Gasteiger partial charge in [0.05, 0.1) is 24.4 Å². The van der Waals surface area contributed by atoms with Crippen molar-refractivity contribution >= 4 is 17.8 Å². The van der Waals surface area contributed by atoms with Crippen LogP contribution in [0.5, 0.6) is 0 Å². The molecular weight excluding hydrogens is 556 g/mol. The van der Waals surface area contributed by atoms with Gasteiger partial charge in [-0.25, -0.2) is 9.59 Å². The van der Waals surface area contributed by atoms with Crippen LogP contribution in [0.4, 0.5) is 26.3 Å². The van der Waals surface area contributed by atoms with Crippen molar-refractivity contribution in [3.8, 4) is 0 Å². The standard InChI is InChI=1S/C20H29N3O3.2C2HF3O2/c24-19-15-26-20(16-23(19)14-18-3-1-2-8-21-18)6-9-22(10-7-20)13-17-4-11-25-12-5-17;2*3-2(4,5)1(6)7/h1-3,8,17H,4-7,9-16H2;2*(H,6,7). The second kappa shape index (κ2) is 14.6. The first-order chi connectivity index (χ1) is 18.6. The van der Waals surface area contributed by atoms with Crippen LogP contribution in [0, 0.1) is 5.92 Å². The highest BCUT2D eigenvalue weighted by Gasteiger charge is 2.42. The molecule has 226 valence electrons. The van der Waals surface area contributed by atoms with Crippen LogP contribution in [-0.2, 0) is 30.4 Å². The first-order valence-corrected chi connectivity index (χ1v) is 12.3. The molecule has 4 heterocycles. The molecule has 3 fully saturated rings. The Morgan fingerprint density at radius 2 is 1.55 bits per heavy atom. The summed E-state index contributed by atoms with van der Waals surface area (Å²) in [7, 11) is 0. The van der Waals surface area contributed by atoms with Crippen LogP contribution < -0.4 is 0 Å². The van der Waals surface area contributed by atoms with Crippen LogP contribution in [0.3, 0.4) is 0 Å². The van der Waals surface area contributed by atoms with Crippen molar-refractivity contribution in [1.29, 1.82) is 0 Å². The highest BCUT2D eigenvalue weighted by atomic mass is 19.4. The van der Waals surface area contributed by atoms with Crippen molar-refractivity contribution in [2.45, 2.75) is 50.2 Å². The molecule has 10 nitrogen and oxygen atoms in total. The lowest BCUT2D eigenvalue weighted by Crippen LogP contribution is -2.58. The first-order valence-electron chi connectivity index (χ1n) is 12.3. The van der Waals surface area contributed by atoms with E-state index in [2.05, 4.69) is 9.88 Å². The zero-order chi connectivity index (χ0) is 30.0. The van der Waals surface area contributed by atoms with Crippen molar-refractivity contribution in [2.24, 2.45) is 5.92 Å². The number of amides is 1. The number of hydrogen-bond donors (Lipinski definition) is 2. The Balaban J connectivity index is 0.000000333. The van der Waals surface area contributed by atoms with Gasteiger partial charge in [0.15, 0.2) is 0 Å². The van der Waals surface area contributed by atoms with Gasteiger partial charge in [-0.3, -0.25) is 9.78 Å². The quantitative estimate of drug-likeness (QED) is 0.511. The zero-order valence-corrected chi connectivity index (χ0v) is 21.4. The Labute approximate surface area is 225 Å². The lowest BCUT2D eigenvalue weighted by molar-refractivity contribution is -0.193. The fourth-order valence-electron chi connectivity index (χ4n) is 4.36. The maximum absolute atomic E-state index is 12.3. The third kappa shape index (κ3) is 11.3. The van der Waals surface area contributed by atoms with E-state index in [1.54, 1.807) is 6.20 Å². The summed E-state index contributed by atoms with van der Waals surface area (Å²) in [4.78, 5) is 39.0. The highest BCUT2D eigenvalue weighted by Crippen LogP contribution is 2.32. The number of pyridine rings is 1. The van der Waals surface area contributed by atoms with E-state index >= 15 is 0 Å². The molecular formula is C24H31F6N3O7. The average Bonchev–Trinajstić information content (AvgIpc) is 2.89. The largest absolute Gasteiger partial charge is 0.490 e. The number of carboxylic acids is 2. The molecule has 3 aliphatic heterocycles. The molecule has 40 heavy (non-hydrogen) atoms. The number of ether oxygens (including phenoxy) is 2. The number of nitrogens with zero attached hydrogens (tertiary/aromatic N) is 3. The summed E-state index contributed by atoms with van der Waals surface area (Å²) in [6.07, 6.45) is -4.01. The van der Waals surface area contributed by atoms with E-state index < -0.39 is 24.3 Å². The fourth-order valence-corrected chi connectivity index (χ4v) is 4.36. The van der Waals surface area contributed by atoms with Gasteiger partial charge in [0.2, 0.25) is 5.91 Å². The molecule has 1 aromatic heterocycles. The number of aromatic nitrogens is 1.